The third-order valence-electron chi connectivity index (χ3n) is 1.26. The van der Waals surface area contributed by atoms with Gasteiger partial charge in [0.05, 0.1) is 0 Å². The zero-order valence-electron chi connectivity index (χ0n) is 7.70. The van der Waals surface area contributed by atoms with Gasteiger partial charge in [-0.25, -0.2) is 8.78 Å². The van der Waals surface area contributed by atoms with Gasteiger partial charge < -0.3 is 0 Å². The molecule has 0 radical (unpaired) electrons. The molecule has 0 spiro atoms. The van der Waals surface area contributed by atoms with Crippen molar-refractivity contribution in [2.45, 2.75) is 27.2 Å². The quantitative estimate of drug-likeness (QED) is 0.563. The summed E-state index contributed by atoms with van der Waals surface area (Å²) in [6.07, 6.45) is 4.55. The Kier molecular flexibility index (Phi) is 5.26. The molecule has 0 nitrogen and oxygen atoms in total. The second-order valence-corrected chi connectivity index (χ2v) is 2.69. The molecule has 0 rings (SSSR count). The van der Waals surface area contributed by atoms with Crippen molar-refractivity contribution in [1.29, 1.82) is 0 Å². The maximum atomic E-state index is 12.7. The van der Waals surface area contributed by atoms with Gasteiger partial charge in [-0.2, -0.15) is 0 Å². The second kappa shape index (κ2) is 5.70. The van der Waals surface area contributed by atoms with Crippen molar-refractivity contribution in [2.75, 3.05) is 0 Å². The zero-order valence-corrected chi connectivity index (χ0v) is 7.70. The van der Waals surface area contributed by atoms with E-state index in [9.17, 15) is 8.78 Å². The van der Waals surface area contributed by atoms with Gasteiger partial charge in [0.1, 0.15) is 11.7 Å². The first-order chi connectivity index (χ1) is 5.57. The summed E-state index contributed by atoms with van der Waals surface area (Å²) < 4.78 is 25.4. The topological polar surface area (TPSA) is 0 Å². The molecule has 0 N–H and O–H groups in total. The van der Waals surface area contributed by atoms with E-state index in [4.69, 9.17) is 0 Å². The highest BCUT2D eigenvalue weighted by Crippen LogP contribution is 2.11. The summed E-state index contributed by atoms with van der Waals surface area (Å²) in [6, 6.07) is 0. The summed E-state index contributed by atoms with van der Waals surface area (Å²) in [6.45, 7) is 5.09. The van der Waals surface area contributed by atoms with E-state index in [0.29, 0.717) is 5.57 Å². The third kappa shape index (κ3) is 4.83. The summed E-state index contributed by atoms with van der Waals surface area (Å²) in [5.74, 6) is -1.05. The lowest BCUT2D eigenvalue weighted by Gasteiger charge is -1.90. The first-order valence-electron chi connectivity index (χ1n) is 3.94. The number of halogens is 2. The molecule has 0 aromatic heterocycles. The van der Waals surface area contributed by atoms with Crippen LogP contribution in [0, 0.1) is 0 Å². The van der Waals surface area contributed by atoms with Crippen LogP contribution in [0.15, 0.2) is 35.5 Å². The molecule has 0 fully saturated rings. The molecule has 0 atom stereocenters. The Morgan fingerprint density at radius 1 is 1.25 bits per heavy atom. The zero-order chi connectivity index (χ0) is 9.56. The highest BCUT2D eigenvalue weighted by atomic mass is 19.1. The highest BCUT2D eigenvalue weighted by molar-refractivity contribution is 5.24. The standard InChI is InChI=1S/C10H14F2/c1-4-5-6-9(11)7-10(12)8(2)3/h5-7H,4H2,1-3H3/b6-5+,9-7+. The average Bonchev–Trinajstić information content (AvgIpc) is 2.00. The van der Waals surface area contributed by atoms with Crippen LogP contribution in [0.5, 0.6) is 0 Å². The third-order valence-corrected chi connectivity index (χ3v) is 1.26. The van der Waals surface area contributed by atoms with Crippen molar-refractivity contribution in [3.63, 3.8) is 0 Å². The van der Waals surface area contributed by atoms with Crippen LogP contribution >= 0.6 is 0 Å². The van der Waals surface area contributed by atoms with Crippen molar-refractivity contribution in [3.05, 3.63) is 35.5 Å². The largest absolute Gasteiger partial charge is 0.207 e. The molecule has 0 amide bonds. The molecule has 0 unspecified atom stereocenters. The minimum atomic E-state index is -0.546. The van der Waals surface area contributed by atoms with E-state index in [1.165, 1.54) is 6.08 Å². The molecule has 0 saturated heterocycles. The average molecular weight is 172 g/mol. The van der Waals surface area contributed by atoms with E-state index in [1.807, 2.05) is 6.92 Å². The molecule has 0 aliphatic heterocycles. The van der Waals surface area contributed by atoms with Crippen molar-refractivity contribution in [1.82, 2.24) is 0 Å². The molecule has 2 heteroatoms. The Labute approximate surface area is 72.3 Å². The van der Waals surface area contributed by atoms with Crippen molar-refractivity contribution in [2.24, 2.45) is 0 Å². The second-order valence-electron chi connectivity index (χ2n) is 2.69. The predicted octanol–water partition coefficient (Wildman–Crippen LogP) is 4.07. The summed E-state index contributed by atoms with van der Waals surface area (Å²) in [7, 11) is 0. The summed E-state index contributed by atoms with van der Waals surface area (Å²) in [5, 5.41) is 0. The van der Waals surface area contributed by atoms with Crippen LogP contribution in [0.2, 0.25) is 0 Å². The van der Waals surface area contributed by atoms with E-state index in [-0.39, 0.29) is 0 Å². The molecule has 0 bridgehead atoms. The maximum Gasteiger partial charge on any atom is 0.125 e. The lowest BCUT2D eigenvalue weighted by Crippen LogP contribution is -1.73. The molecule has 0 saturated carbocycles. The Bertz CT molecular complexity index is 218. The fourth-order valence-corrected chi connectivity index (χ4v) is 0.544. The van der Waals surface area contributed by atoms with E-state index in [0.717, 1.165) is 12.5 Å². The Morgan fingerprint density at radius 3 is 2.25 bits per heavy atom. The summed E-state index contributed by atoms with van der Waals surface area (Å²) in [4.78, 5) is 0. The van der Waals surface area contributed by atoms with E-state index >= 15 is 0 Å². The predicted molar refractivity (Wildman–Crippen MR) is 48.1 cm³/mol. The number of rotatable bonds is 3. The number of allylic oxidation sites excluding steroid dienone is 6. The number of hydrogen-bond donors (Lipinski definition) is 0. The van der Waals surface area contributed by atoms with Gasteiger partial charge in [0.25, 0.3) is 0 Å². The molecule has 0 heterocycles. The molecule has 0 aromatic rings. The Hall–Kier alpha value is -0.920. The smallest absolute Gasteiger partial charge is 0.125 e. The van der Waals surface area contributed by atoms with Crippen molar-refractivity contribution in [3.8, 4) is 0 Å². The van der Waals surface area contributed by atoms with Gasteiger partial charge in [0, 0.05) is 6.08 Å². The monoisotopic (exact) mass is 172 g/mol. The van der Waals surface area contributed by atoms with Crippen LogP contribution < -0.4 is 0 Å². The van der Waals surface area contributed by atoms with Crippen LogP contribution in [0.3, 0.4) is 0 Å². The minimum Gasteiger partial charge on any atom is -0.207 e. The van der Waals surface area contributed by atoms with Gasteiger partial charge in [-0.1, -0.05) is 13.0 Å². The highest BCUT2D eigenvalue weighted by Gasteiger charge is 1.94. The van der Waals surface area contributed by atoms with Crippen molar-refractivity contribution >= 4 is 0 Å². The fourth-order valence-electron chi connectivity index (χ4n) is 0.544. The van der Waals surface area contributed by atoms with Crippen LogP contribution in [0.1, 0.15) is 27.2 Å². The molecule has 68 valence electrons. The number of hydrogen-bond acceptors (Lipinski definition) is 0. The van der Waals surface area contributed by atoms with E-state index in [2.05, 4.69) is 0 Å². The van der Waals surface area contributed by atoms with Crippen LogP contribution in [-0.2, 0) is 0 Å². The van der Waals surface area contributed by atoms with Gasteiger partial charge in [-0.05, 0) is 31.9 Å². The van der Waals surface area contributed by atoms with E-state index < -0.39 is 11.7 Å². The Morgan fingerprint density at radius 2 is 1.83 bits per heavy atom. The first-order valence-corrected chi connectivity index (χ1v) is 3.94. The Balaban J connectivity index is 4.37. The SMILES string of the molecule is CC/C=C/C(F)=C\C(F)=C(C)C. The first kappa shape index (κ1) is 11.1. The lowest BCUT2D eigenvalue weighted by molar-refractivity contribution is 0.623. The van der Waals surface area contributed by atoms with Crippen molar-refractivity contribution < 1.29 is 8.78 Å². The van der Waals surface area contributed by atoms with Gasteiger partial charge in [0.15, 0.2) is 0 Å². The molecular weight excluding hydrogens is 158 g/mol. The lowest BCUT2D eigenvalue weighted by atomic mass is 10.2. The normalized spacial score (nSPS) is 12.2. The van der Waals surface area contributed by atoms with Gasteiger partial charge in [-0.3, -0.25) is 0 Å². The summed E-state index contributed by atoms with van der Waals surface area (Å²) >= 11 is 0. The van der Waals surface area contributed by atoms with Gasteiger partial charge in [-0.15, -0.1) is 0 Å². The maximum absolute atomic E-state index is 12.7. The van der Waals surface area contributed by atoms with Gasteiger partial charge in [0.2, 0.25) is 0 Å². The van der Waals surface area contributed by atoms with Crippen LogP contribution in [0.4, 0.5) is 8.78 Å². The summed E-state index contributed by atoms with van der Waals surface area (Å²) in [5.41, 5.74) is 0.482. The minimum absolute atomic E-state index is 0.482. The molecule has 12 heavy (non-hydrogen) atoms. The van der Waals surface area contributed by atoms with Gasteiger partial charge >= 0.3 is 0 Å². The fraction of sp³-hybridized carbons (Fsp3) is 0.400. The molecule has 0 aliphatic carbocycles. The van der Waals surface area contributed by atoms with Crippen LogP contribution in [-0.4, -0.2) is 0 Å². The molecular formula is C10H14F2. The van der Waals surface area contributed by atoms with Crippen LogP contribution in [0.25, 0.3) is 0 Å². The molecule has 0 aliphatic rings. The van der Waals surface area contributed by atoms with E-state index in [1.54, 1.807) is 19.9 Å². The molecule has 0 aromatic carbocycles.